The van der Waals surface area contributed by atoms with Gasteiger partial charge in [-0.2, -0.15) is 0 Å². The highest BCUT2D eigenvalue weighted by atomic mass is 127. The molecule has 0 spiro atoms. The van der Waals surface area contributed by atoms with Crippen LogP contribution < -0.4 is 4.74 Å². The van der Waals surface area contributed by atoms with E-state index in [1.807, 2.05) is 12.1 Å². The fraction of sp³-hybridized carbons (Fsp3) is 0.455. The number of alkyl halides is 1. The lowest BCUT2D eigenvalue weighted by Crippen LogP contribution is -1.93. The number of aryl methyl sites for hydroxylation is 1. The Morgan fingerprint density at radius 1 is 1.31 bits per heavy atom. The van der Waals surface area contributed by atoms with Crippen LogP contribution in [0.1, 0.15) is 18.9 Å². The van der Waals surface area contributed by atoms with Crippen molar-refractivity contribution in [3.05, 3.63) is 29.8 Å². The summed E-state index contributed by atoms with van der Waals surface area (Å²) in [5, 5.41) is 0. The summed E-state index contributed by atoms with van der Waals surface area (Å²) in [4.78, 5) is 0. The van der Waals surface area contributed by atoms with Crippen LogP contribution in [0.2, 0.25) is 0 Å². The quantitative estimate of drug-likeness (QED) is 0.609. The maximum atomic E-state index is 5.09. The van der Waals surface area contributed by atoms with E-state index in [-0.39, 0.29) is 0 Å². The molecule has 0 N–H and O–H groups in total. The van der Waals surface area contributed by atoms with Crippen molar-refractivity contribution in [3.8, 4) is 5.75 Å². The number of ether oxygens (including phenoxy) is 1. The van der Waals surface area contributed by atoms with Gasteiger partial charge < -0.3 is 4.74 Å². The Kier molecular flexibility index (Phi) is 4.56. The van der Waals surface area contributed by atoms with Gasteiger partial charge in [-0.25, -0.2) is 0 Å². The Hall–Kier alpha value is -0.250. The van der Waals surface area contributed by atoms with Crippen LogP contribution in [0.4, 0.5) is 0 Å². The fourth-order valence-corrected chi connectivity index (χ4v) is 1.47. The predicted octanol–water partition coefficient (Wildman–Crippen LogP) is 3.45. The molecule has 0 amide bonds. The summed E-state index contributed by atoms with van der Waals surface area (Å²) in [6.45, 7) is 2.24. The van der Waals surface area contributed by atoms with Gasteiger partial charge in [0.05, 0.1) is 7.11 Å². The predicted molar refractivity (Wildman–Crippen MR) is 64.8 cm³/mol. The molecule has 0 bridgehead atoms. The molecule has 1 rings (SSSR count). The molecule has 0 saturated carbocycles. The molecule has 0 aliphatic heterocycles. The molecule has 0 saturated heterocycles. The van der Waals surface area contributed by atoms with Crippen molar-refractivity contribution in [2.75, 3.05) is 7.11 Å². The summed E-state index contributed by atoms with van der Waals surface area (Å²) in [5.41, 5.74) is 1.39. The highest BCUT2D eigenvalue weighted by molar-refractivity contribution is 14.1. The van der Waals surface area contributed by atoms with Crippen molar-refractivity contribution in [2.24, 2.45) is 0 Å². The average Bonchev–Trinajstić information content (AvgIpc) is 2.15. The van der Waals surface area contributed by atoms with Gasteiger partial charge in [0.1, 0.15) is 5.75 Å². The first kappa shape index (κ1) is 10.8. The van der Waals surface area contributed by atoms with Crippen LogP contribution in [0.5, 0.6) is 5.75 Å². The number of benzene rings is 1. The number of halogens is 1. The third-order valence-electron chi connectivity index (χ3n) is 1.99. The molecule has 0 fully saturated rings. The minimum Gasteiger partial charge on any atom is -0.497 e. The maximum absolute atomic E-state index is 5.09. The van der Waals surface area contributed by atoms with Crippen molar-refractivity contribution >= 4 is 22.6 Å². The minimum absolute atomic E-state index is 0.750. The highest BCUT2D eigenvalue weighted by Crippen LogP contribution is 2.14. The van der Waals surface area contributed by atoms with Crippen LogP contribution in [0.3, 0.4) is 0 Å². The molecule has 0 heterocycles. The fourth-order valence-electron chi connectivity index (χ4n) is 1.16. The van der Waals surface area contributed by atoms with Gasteiger partial charge in [-0.15, -0.1) is 0 Å². The Bertz CT molecular complexity index is 241. The first-order valence-corrected chi connectivity index (χ1v) is 5.74. The van der Waals surface area contributed by atoms with Gasteiger partial charge >= 0.3 is 0 Å². The molecule has 0 aliphatic rings. The Morgan fingerprint density at radius 3 is 2.38 bits per heavy atom. The first-order valence-electron chi connectivity index (χ1n) is 4.49. The molecule has 1 unspecified atom stereocenters. The first-order chi connectivity index (χ1) is 6.22. The lowest BCUT2D eigenvalue weighted by Gasteiger charge is -2.04. The van der Waals surface area contributed by atoms with E-state index < -0.39 is 0 Å². The molecule has 1 aromatic carbocycles. The Balaban J connectivity index is 2.49. The van der Waals surface area contributed by atoms with E-state index in [2.05, 4.69) is 41.6 Å². The molecule has 0 aromatic heterocycles. The average molecular weight is 290 g/mol. The normalized spacial score (nSPS) is 12.5. The molecule has 0 aliphatic carbocycles. The standard InChI is InChI=1S/C11H15IO/c1-9(12)3-4-10-5-7-11(13-2)8-6-10/h5-9H,3-4H2,1-2H3. The van der Waals surface area contributed by atoms with Crippen molar-refractivity contribution < 1.29 is 4.74 Å². The van der Waals surface area contributed by atoms with Crippen molar-refractivity contribution in [2.45, 2.75) is 23.7 Å². The van der Waals surface area contributed by atoms with Gasteiger partial charge in [0.15, 0.2) is 0 Å². The number of hydrogen-bond acceptors (Lipinski definition) is 1. The van der Waals surface area contributed by atoms with Crippen LogP contribution in [-0.2, 0) is 6.42 Å². The zero-order chi connectivity index (χ0) is 9.68. The second-order valence-electron chi connectivity index (χ2n) is 3.17. The molecular weight excluding hydrogens is 275 g/mol. The second-order valence-corrected chi connectivity index (χ2v) is 5.29. The molecule has 1 aromatic rings. The highest BCUT2D eigenvalue weighted by Gasteiger charge is 1.98. The largest absolute Gasteiger partial charge is 0.497 e. The molecule has 1 nitrogen and oxygen atoms in total. The zero-order valence-corrected chi connectivity index (χ0v) is 10.2. The van der Waals surface area contributed by atoms with E-state index in [1.54, 1.807) is 7.11 Å². The van der Waals surface area contributed by atoms with Gasteiger partial charge in [0, 0.05) is 3.92 Å². The van der Waals surface area contributed by atoms with Crippen molar-refractivity contribution in [1.29, 1.82) is 0 Å². The van der Waals surface area contributed by atoms with E-state index in [1.165, 1.54) is 12.0 Å². The van der Waals surface area contributed by atoms with Crippen molar-refractivity contribution in [3.63, 3.8) is 0 Å². The van der Waals surface area contributed by atoms with Crippen LogP contribution in [0.25, 0.3) is 0 Å². The summed E-state index contributed by atoms with van der Waals surface area (Å²) in [6.07, 6.45) is 2.40. The third-order valence-corrected chi connectivity index (χ3v) is 2.61. The lowest BCUT2D eigenvalue weighted by molar-refractivity contribution is 0.414. The van der Waals surface area contributed by atoms with Crippen molar-refractivity contribution in [1.82, 2.24) is 0 Å². The SMILES string of the molecule is COc1ccc(CCC(C)I)cc1. The van der Waals surface area contributed by atoms with Crippen LogP contribution in [0.15, 0.2) is 24.3 Å². The van der Waals surface area contributed by atoms with Crippen LogP contribution >= 0.6 is 22.6 Å². The van der Waals surface area contributed by atoms with Gasteiger partial charge in [-0.05, 0) is 30.5 Å². The van der Waals surface area contributed by atoms with Crippen LogP contribution in [-0.4, -0.2) is 11.0 Å². The minimum atomic E-state index is 0.750. The molecule has 0 radical (unpaired) electrons. The molecule has 1 atom stereocenters. The molecule has 13 heavy (non-hydrogen) atoms. The monoisotopic (exact) mass is 290 g/mol. The Labute approximate surface area is 93.6 Å². The van der Waals surface area contributed by atoms with E-state index in [0.29, 0.717) is 0 Å². The van der Waals surface area contributed by atoms with Gasteiger partial charge in [0.25, 0.3) is 0 Å². The summed E-state index contributed by atoms with van der Waals surface area (Å²) in [7, 11) is 1.70. The summed E-state index contributed by atoms with van der Waals surface area (Å²) >= 11 is 2.46. The molecule has 72 valence electrons. The number of rotatable bonds is 4. The zero-order valence-electron chi connectivity index (χ0n) is 8.09. The van der Waals surface area contributed by atoms with Crippen LogP contribution in [0, 0.1) is 0 Å². The number of hydrogen-bond donors (Lipinski definition) is 0. The maximum Gasteiger partial charge on any atom is 0.118 e. The topological polar surface area (TPSA) is 9.23 Å². The second kappa shape index (κ2) is 5.47. The molecular formula is C11H15IO. The van der Waals surface area contributed by atoms with E-state index in [9.17, 15) is 0 Å². The smallest absolute Gasteiger partial charge is 0.118 e. The summed E-state index contributed by atoms with van der Waals surface area (Å²) < 4.78 is 5.84. The number of methoxy groups -OCH3 is 1. The molecule has 2 heteroatoms. The van der Waals surface area contributed by atoms with E-state index >= 15 is 0 Å². The van der Waals surface area contributed by atoms with Gasteiger partial charge in [-0.3, -0.25) is 0 Å². The third kappa shape index (κ3) is 3.98. The van der Waals surface area contributed by atoms with E-state index in [0.717, 1.165) is 16.1 Å². The lowest BCUT2D eigenvalue weighted by atomic mass is 10.1. The van der Waals surface area contributed by atoms with E-state index in [4.69, 9.17) is 4.74 Å². The van der Waals surface area contributed by atoms with Gasteiger partial charge in [0.2, 0.25) is 0 Å². The summed E-state index contributed by atoms with van der Waals surface area (Å²) in [5.74, 6) is 0.936. The van der Waals surface area contributed by atoms with Gasteiger partial charge in [-0.1, -0.05) is 41.6 Å². The Morgan fingerprint density at radius 2 is 1.92 bits per heavy atom. The summed E-state index contributed by atoms with van der Waals surface area (Å²) in [6, 6.07) is 8.32.